The Bertz CT molecular complexity index is 588. The van der Waals surface area contributed by atoms with E-state index in [-0.39, 0.29) is 0 Å². The van der Waals surface area contributed by atoms with Crippen molar-refractivity contribution in [2.24, 2.45) is 5.73 Å². The number of hydrogen-bond acceptors (Lipinski definition) is 1. The number of urea groups is 1. The van der Waals surface area contributed by atoms with Crippen LogP contribution in [0.3, 0.4) is 0 Å². The van der Waals surface area contributed by atoms with Gasteiger partial charge in [-0.2, -0.15) is 0 Å². The van der Waals surface area contributed by atoms with Gasteiger partial charge < -0.3 is 5.73 Å². The van der Waals surface area contributed by atoms with Crippen LogP contribution in [0.5, 0.6) is 0 Å². The molecule has 0 aliphatic heterocycles. The maximum atomic E-state index is 12.0. The third-order valence-electron chi connectivity index (χ3n) is 3.55. The van der Waals surface area contributed by atoms with Gasteiger partial charge in [0.2, 0.25) is 0 Å². The molecule has 2 aromatic carbocycles. The Balaban J connectivity index is 2.48. The molecule has 2 aromatic rings. The number of primary amides is 1. The summed E-state index contributed by atoms with van der Waals surface area (Å²) in [5.74, 6) is 0. The van der Waals surface area contributed by atoms with Crippen molar-refractivity contribution in [1.82, 2.24) is 0 Å². The van der Waals surface area contributed by atoms with Crippen molar-refractivity contribution < 1.29 is 4.79 Å². The molecule has 2 N–H and O–H groups in total. The van der Waals surface area contributed by atoms with Gasteiger partial charge in [-0.15, -0.1) is 0 Å². The first-order chi connectivity index (χ1) is 9.43. The summed E-state index contributed by atoms with van der Waals surface area (Å²) in [6.07, 6.45) is 0. The molecule has 0 heterocycles. The first-order valence-corrected chi connectivity index (χ1v) is 6.65. The van der Waals surface area contributed by atoms with E-state index in [9.17, 15) is 4.79 Å². The molecule has 0 aliphatic rings. The first kappa shape index (κ1) is 14.1. The Labute approximate surface area is 120 Å². The zero-order chi connectivity index (χ0) is 14.8. The molecule has 0 fully saturated rings. The maximum Gasteiger partial charge on any atom is 0.320 e. The van der Waals surface area contributed by atoms with Crippen molar-refractivity contribution in [3.63, 3.8) is 0 Å². The smallest absolute Gasteiger partial charge is 0.320 e. The number of rotatable bonds is 3. The molecule has 0 unspecified atom stereocenters. The molecule has 0 saturated heterocycles. The van der Waals surface area contributed by atoms with E-state index >= 15 is 0 Å². The first-order valence-electron chi connectivity index (χ1n) is 6.65. The zero-order valence-electron chi connectivity index (χ0n) is 12.1. The predicted molar refractivity (Wildman–Crippen MR) is 82.7 cm³/mol. The number of anilines is 1. The minimum absolute atomic E-state index is 0.456. The quantitative estimate of drug-likeness (QED) is 0.903. The number of nitrogens with two attached hydrogens (primary N) is 1. The van der Waals surface area contributed by atoms with Crippen LogP contribution < -0.4 is 10.6 Å². The van der Waals surface area contributed by atoms with E-state index < -0.39 is 11.6 Å². The largest absolute Gasteiger partial charge is 0.351 e. The Morgan fingerprint density at radius 2 is 1.55 bits per heavy atom. The van der Waals surface area contributed by atoms with Gasteiger partial charge in [0.25, 0.3) is 0 Å². The normalized spacial score (nSPS) is 11.2. The van der Waals surface area contributed by atoms with Crippen LogP contribution in [0.25, 0.3) is 0 Å². The Hall–Kier alpha value is -2.29. The topological polar surface area (TPSA) is 46.3 Å². The van der Waals surface area contributed by atoms with E-state index in [0.717, 1.165) is 16.8 Å². The van der Waals surface area contributed by atoms with E-state index in [2.05, 4.69) is 0 Å². The van der Waals surface area contributed by atoms with Gasteiger partial charge in [0, 0.05) is 5.69 Å². The van der Waals surface area contributed by atoms with Gasteiger partial charge in [0.15, 0.2) is 0 Å². The fourth-order valence-electron chi connectivity index (χ4n) is 2.39. The second-order valence-electron chi connectivity index (χ2n) is 5.43. The number of carbonyl (C=O) groups excluding carboxylic acids is 1. The average molecular weight is 268 g/mol. The van der Waals surface area contributed by atoms with Crippen LogP contribution in [0.2, 0.25) is 0 Å². The van der Waals surface area contributed by atoms with Gasteiger partial charge in [0.1, 0.15) is 0 Å². The second-order valence-corrected chi connectivity index (χ2v) is 5.43. The summed E-state index contributed by atoms with van der Waals surface area (Å²) in [6, 6.07) is 17.2. The maximum absolute atomic E-state index is 12.0. The number of hydrogen-bond donors (Lipinski definition) is 1. The van der Waals surface area contributed by atoms with Gasteiger partial charge in [-0.3, -0.25) is 4.90 Å². The summed E-state index contributed by atoms with van der Waals surface area (Å²) in [5, 5.41) is 0. The van der Waals surface area contributed by atoms with Crippen molar-refractivity contribution >= 4 is 11.7 Å². The van der Waals surface area contributed by atoms with Crippen LogP contribution >= 0.6 is 0 Å². The highest BCUT2D eigenvalue weighted by Crippen LogP contribution is 2.32. The molecule has 3 heteroatoms. The molecule has 0 radical (unpaired) electrons. The molecule has 0 bridgehead atoms. The van der Waals surface area contributed by atoms with E-state index in [1.165, 1.54) is 0 Å². The predicted octanol–water partition coefficient (Wildman–Crippen LogP) is 3.82. The molecule has 0 spiro atoms. The summed E-state index contributed by atoms with van der Waals surface area (Å²) in [7, 11) is 0. The summed E-state index contributed by atoms with van der Waals surface area (Å²) in [5.41, 5.74) is 8.10. The van der Waals surface area contributed by atoms with E-state index in [1.54, 1.807) is 4.90 Å². The summed E-state index contributed by atoms with van der Waals surface area (Å²) >= 11 is 0. The van der Waals surface area contributed by atoms with Crippen LogP contribution in [0.4, 0.5) is 10.5 Å². The second kappa shape index (κ2) is 5.37. The van der Waals surface area contributed by atoms with Crippen molar-refractivity contribution in [2.75, 3.05) is 4.90 Å². The minimum atomic E-state index is -0.512. The van der Waals surface area contributed by atoms with Gasteiger partial charge >= 0.3 is 6.03 Å². The highest BCUT2D eigenvalue weighted by Gasteiger charge is 2.32. The third-order valence-corrected chi connectivity index (χ3v) is 3.55. The number of nitrogens with zero attached hydrogens (tertiary/aromatic N) is 1. The van der Waals surface area contributed by atoms with E-state index in [1.807, 2.05) is 75.4 Å². The number of amides is 2. The monoisotopic (exact) mass is 268 g/mol. The van der Waals surface area contributed by atoms with Gasteiger partial charge in [-0.25, -0.2) is 4.79 Å². The van der Waals surface area contributed by atoms with Crippen molar-refractivity contribution in [3.05, 3.63) is 65.7 Å². The Morgan fingerprint density at radius 1 is 1.00 bits per heavy atom. The molecule has 0 aromatic heterocycles. The van der Waals surface area contributed by atoms with Gasteiger partial charge in [-0.1, -0.05) is 48.0 Å². The highest BCUT2D eigenvalue weighted by molar-refractivity contribution is 5.92. The molecule has 3 nitrogen and oxygen atoms in total. The number of benzene rings is 2. The minimum Gasteiger partial charge on any atom is -0.351 e. The van der Waals surface area contributed by atoms with Crippen LogP contribution in [0.1, 0.15) is 25.0 Å². The van der Waals surface area contributed by atoms with Crippen LogP contribution in [-0.4, -0.2) is 6.03 Å². The SMILES string of the molecule is Cc1ccc(N(C(N)=O)C(C)(C)c2ccccc2)cc1. The number of carbonyl (C=O) groups is 1. The summed E-state index contributed by atoms with van der Waals surface area (Å²) in [6.45, 7) is 6.00. The molecular formula is C17H20N2O. The van der Waals surface area contributed by atoms with E-state index in [4.69, 9.17) is 5.73 Å². The fraction of sp³-hybridized carbons (Fsp3) is 0.235. The van der Waals surface area contributed by atoms with Crippen molar-refractivity contribution in [1.29, 1.82) is 0 Å². The zero-order valence-corrected chi connectivity index (χ0v) is 12.1. The lowest BCUT2D eigenvalue weighted by Crippen LogP contribution is -2.48. The Kier molecular flexibility index (Phi) is 3.79. The fourth-order valence-corrected chi connectivity index (χ4v) is 2.39. The van der Waals surface area contributed by atoms with Gasteiger partial charge in [-0.05, 0) is 38.5 Å². The van der Waals surface area contributed by atoms with Gasteiger partial charge in [0.05, 0.1) is 5.54 Å². The molecule has 0 aliphatic carbocycles. The molecule has 2 rings (SSSR count). The average Bonchev–Trinajstić information content (AvgIpc) is 2.41. The molecule has 2 amide bonds. The highest BCUT2D eigenvalue weighted by atomic mass is 16.2. The van der Waals surface area contributed by atoms with Crippen molar-refractivity contribution in [2.45, 2.75) is 26.3 Å². The lowest BCUT2D eigenvalue weighted by Gasteiger charge is -2.38. The molecular weight excluding hydrogens is 248 g/mol. The molecule has 104 valence electrons. The standard InChI is InChI=1S/C17H20N2O/c1-13-9-11-15(12-10-13)19(16(18)20)17(2,3)14-7-5-4-6-8-14/h4-12H,1-3H3,(H2,18,20). The summed E-state index contributed by atoms with van der Waals surface area (Å²) < 4.78 is 0. The number of aryl methyl sites for hydroxylation is 1. The lowest BCUT2D eigenvalue weighted by molar-refractivity contribution is 0.248. The lowest BCUT2D eigenvalue weighted by atomic mass is 9.91. The molecule has 20 heavy (non-hydrogen) atoms. The van der Waals surface area contributed by atoms with E-state index in [0.29, 0.717) is 0 Å². The Morgan fingerprint density at radius 3 is 2.05 bits per heavy atom. The van der Waals surface area contributed by atoms with Crippen molar-refractivity contribution in [3.8, 4) is 0 Å². The van der Waals surface area contributed by atoms with Crippen LogP contribution in [0, 0.1) is 6.92 Å². The van der Waals surface area contributed by atoms with Crippen LogP contribution in [-0.2, 0) is 5.54 Å². The van der Waals surface area contributed by atoms with Crippen LogP contribution in [0.15, 0.2) is 54.6 Å². The third kappa shape index (κ3) is 2.67. The summed E-state index contributed by atoms with van der Waals surface area (Å²) in [4.78, 5) is 13.6. The molecule has 0 saturated carbocycles. The molecule has 0 atom stereocenters.